The molecule has 0 aromatic heterocycles. The smallest absolute Gasteiger partial charge is 0.127 e. The molecule has 2 aromatic carbocycles. The van der Waals surface area contributed by atoms with E-state index in [9.17, 15) is 0 Å². The van der Waals surface area contributed by atoms with Crippen molar-refractivity contribution in [3.63, 3.8) is 0 Å². The van der Waals surface area contributed by atoms with E-state index in [1.165, 1.54) is 29.5 Å². The van der Waals surface area contributed by atoms with Gasteiger partial charge in [0.15, 0.2) is 0 Å². The fourth-order valence-electron chi connectivity index (χ4n) is 3.93. The maximum atomic E-state index is 5.88. The standard InChI is InChI=1S/C16H22N2O2.C6H6/c1-2-12(9-17-5-1)18-10-14-13-4-7-19-15(13)8-11-3-6-20-16(11)14;1-2-4-6-5-3-1/h8,12,17-18H,1-7,9-10H2;1-6H/t12-;/m0./s1. The summed E-state index contributed by atoms with van der Waals surface area (Å²) in [5.41, 5.74) is 4.03. The van der Waals surface area contributed by atoms with Crippen LogP contribution in [0.5, 0.6) is 11.5 Å². The lowest BCUT2D eigenvalue weighted by atomic mass is 9.99. The second kappa shape index (κ2) is 8.56. The number of piperidine rings is 1. The summed E-state index contributed by atoms with van der Waals surface area (Å²) in [6, 6.07) is 14.8. The van der Waals surface area contributed by atoms with Crippen LogP contribution in [0.1, 0.15) is 29.5 Å². The highest BCUT2D eigenvalue weighted by Crippen LogP contribution is 2.40. The lowest BCUT2D eigenvalue weighted by Gasteiger charge is -2.24. The van der Waals surface area contributed by atoms with Crippen LogP contribution in [-0.4, -0.2) is 32.3 Å². The minimum absolute atomic E-state index is 0.582. The average molecular weight is 352 g/mol. The molecule has 4 heteroatoms. The monoisotopic (exact) mass is 352 g/mol. The summed E-state index contributed by atoms with van der Waals surface area (Å²) < 4.78 is 11.6. The van der Waals surface area contributed by atoms with Gasteiger partial charge >= 0.3 is 0 Å². The molecule has 26 heavy (non-hydrogen) atoms. The zero-order chi connectivity index (χ0) is 17.6. The van der Waals surface area contributed by atoms with E-state index < -0.39 is 0 Å². The second-order valence-electron chi connectivity index (χ2n) is 7.10. The first-order valence-electron chi connectivity index (χ1n) is 9.79. The molecule has 1 fully saturated rings. The molecule has 0 amide bonds. The Labute approximate surface area is 155 Å². The zero-order valence-electron chi connectivity index (χ0n) is 15.3. The molecule has 3 aliphatic heterocycles. The highest BCUT2D eigenvalue weighted by molar-refractivity contribution is 5.56. The van der Waals surface area contributed by atoms with Gasteiger partial charge in [0.05, 0.1) is 13.2 Å². The molecule has 0 saturated carbocycles. The molecular formula is C22H28N2O2. The quantitative estimate of drug-likeness (QED) is 0.891. The van der Waals surface area contributed by atoms with Crippen molar-refractivity contribution in [3.8, 4) is 11.5 Å². The van der Waals surface area contributed by atoms with Crippen molar-refractivity contribution in [1.29, 1.82) is 0 Å². The van der Waals surface area contributed by atoms with Gasteiger partial charge in [-0.3, -0.25) is 0 Å². The minimum atomic E-state index is 0.582. The second-order valence-corrected chi connectivity index (χ2v) is 7.10. The van der Waals surface area contributed by atoms with Crippen LogP contribution in [0.15, 0.2) is 42.5 Å². The largest absolute Gasteiger partial charge is 0.493 e. The van der Waals surface area contributed by atoms with Crippen LogP contribution in [0.4, 0.5) is 0 Å². The number of nitrogens with one attached hydrogen (secondary N) is 2. The number of hydrogen-bond acceptors (Lipinski definition) is 4. The van der Waals surface area contributed by atoms with Gasteiger partial charge in [-0.05, 0) is 25.5 Å². The third kappa shape index (κ3) is 4.02. The van der Waals surface area contributed by atoms with E-state index in [0.717, 1.165) is 57.2 Å². The first-order chi connectivity index (χ1) is 12.9. The van der Waals surface area contributed by atoms with Gasteiger partial charge in [-0.15, -0.1) is 0 Å². The van der Waals surface area contributed by atoms with E-state index in [1.807, 2.05) is 36.4 Å². The summed E-state index contributed by atoms with van der Waals surface area (Å²) in [6.45, 7) is 4.77. The average Bonchev–Trinajstić information content (AvgIpc) is 3.37. The molecule has 5 rings (SSSR count). The van der Waals surface area contributed by atoms with Crippen molar-refractivity contribution >= 4 is 0 Å². The van der Waals surface area contributed by atoms with Crippen molar-refractivity contribution in [3.05, 3.63) is 59.2 Å². The van der Waals surface area contributed by atoms with Crippen LogP contribution in [0.3, 0.4) is 0 Å². The third-order valence-electron chi connectivity index (χ3n) is 5.29. The Hall–Kier alpha value is -2.04. The summed E-state index contributed by atoms with van der Waals surface area (Å²) in [4.78, 5) is 0. The molecule has 138 valence electrons. The van der Waals surface area contributed by atoms with Gasteiger partial charge in [0.1, 0.15) is 11.5 Å². The molecule has 2 N–H and O–H groups in total. The highest BCUT2D eigenvalue weighted by atomic mass is 16.5. The van der Waals surface area contributed by atoms with Crippen molar-refractivity contribution < 1.29 is 9.47 Å². The van der Waals surface area contributed by atoms with Crippen LogP contribution < -0.4 is 20.1 Å². The predicted molar refractivity (Wildman–Crippen MR) is 104 cm³/mol. The van der Waals surface area contributed by atoms with Gasteiger partial charge in [-0.1, -0.05) is 36.4 Å². The van der Waals surface area contributed by atoms with Crippen LogP contribution in [0.2, 0.25) is 0 Å². The lowest BCUT2D eigenvalue weighted by molar-refractivity contribution is 0.347. The van der Waals surface area contributed by atoms with Crippen molar-refractivity contribution in [2.24, 2.45) is 0 Å². The minimum Gasteiger partial charge on any atom is -0.493 e. The van der Waals surface area contributed by atoms with E-state index in [2.05, 4.69) is 16.7 Å². The maximum Gasteiger partial charge on any atom is 0.127 e. The van der Waals surface area contributed by atoms with E-state index >= 15 is 0 Å². The third-order valence-corrected chi connectivity index (χ3v) is 5.29. The number of hydrogen-bond donors (Lipinski definition) is 2. The van der Waals surface area contributed by atoms with E-state index in [0.29, 0.717) is 6.04 Å². The number of benzene rings is 2. The molecule has 0 spiro atoms. The van der Waals surface area contributed by atoms with Gasteiger partial charge in [-0.25, -0.2) is 0 Å². The SMILES string of the molecule is c1c2c(c(CN[C@H]3CCCNC3)c3c1OCC3)OCC2.c1ccccc1. The Morgan fingerprint density at radius 2 is 1.77 bits per heavy atom. The van der Waals surface area contributed by atoms with Gasteiger partial charge in [-0.2, -0.15) is 0 Å². The van der Waals surface area contributed by atoms with E-state index in [-0.39, 0.29) is 0 Å². The Kier molecular flexibility index (Phi) is 5.72. The summed E-state index contributed by atoms with van der Waals surface area (Å²) in [7, 11) is 0. The Morgan fingerprint density at radius 3 is 2.50 bits per heavy atom. The summed E-state index contributed by atoms with van der Waals surface area (Å²) in [6.07, 6.45) is 4.57. The lowest BCUT2D eigenvalue weighted by Crippen LogP contribution is -2.42. The molecule has 1 atom stereocenters. The molecule has 0 radical (unpaired) electrons. The van der Waals surface area contributed by atoms with Gasteiger partial charge < -0.3 is 20.1 Å². The molecular weight excluding hydrogens is 324 g/mol. The maximum absolute atomic E-state index is 5.88. The van der Waals surface area contributed by atoms with Gasteiger partial charge in [0, 0.05) is 48.7 Å². The Morgan fingerprint density at radius 1 is 1.00 bits per heavy atom. The summed E-state index contributed by atoms with van der Waals surface area (Å²) >= 11 is 0. The Bertz CT molecular complexity index is 653. The first-order valence-corrected chi connectivity index (χ1v) is 9.79. The van der Waals surface area contributed by atoms with Crippen LogP contribution >= 0.6 is 0 Å². The van der Waals surface area contributed by atoms with Crippen molar-refractivity contribution in [1.82, 2.24) is 10.6 Å². The fraction of sp³-hybridized carbons (Fsp3) is 0.455. The number of fused-ring (bicyclic) bond motifs is 2. The topological polar surface area (TPSA) is 42.5 Å². The van der Waals surface area contributed by atoms with Crippen LogP contribution in [0, 0.1) is 0 Å². The predicted octanol–water partition coefficient (Wildman–Crippen LogP) is 3.08. The first kappa shape index (κ1) is 17.4. The molecule has 0 bridgehead atoms. The Balaban J connectivity index is 0.000000240. The molecule has 3 aliphatic rings. The van der Waals surface area contributed by atoms with Crippen molar-refractivity contribution in [2.75, 3.05) is 26.3 Å². The highest BCUT2D eigenvalue weighted by Gasteiger charge is 2.26. The molecule has 0 unspecified atom stereocenters. The molecule has 2 aromatic rings. The van der Waals surface area contributed by atoms with Gasteiger partial charge in [0.2, 0.25) is 0 Å². The molecule has 3 heterocycles. The summed E-state index contributed by atoms with van der Waals surface area (Å²) in [5, 5.41) is 7.16. The fourth-order valence-corrected chi connectivity index (χ4v) is 3.93. The van der Waals surface area contributed by atoms with Gasteiger partial charge in [0.25, 0.3) is 0 Å². The molecule has 1 saturated heterocycles. The van der Waals surface area contributed by atoms with E-state index in [1.54, 1.807) is 0 Å². The van der Waals surface area contributed by atoms with Crippen molar-refractivity contribution in [2.45, 2.75) is 38.3 Å². The van der Waals surface area contributed by atoms with Crippen LogP contribution in [-0.2, 0) is 19.4 Å². The summed E-state index contributed by atoms with van der Waals surface area (Å²) in [5.74, 6) is 2.22. The molecule has 4 nitrogen and oxygen atoms in total. The zero-order valence-corrected chi connectivity index (χ0v) is 15.3. The van der Waals surface area contributed by atoms with E-state index in [4.69, 9.17) is 9.47 Å². The normalized spacial score (nSPS) is 20.2. The number of rotatable bonds is 3. The molecule has 0 aliphatic carbocycles. The van der Waals surface area contributed by atoms with Crippen LogP contribution in [0.25, 0.3) is 0 Å². The number of ether oxygens (including phenoxy) is 2.